The van der Waals surface area contributed by atoms with Crippen LogP contribution in [0.1, 0.15) is 74.3 Å². The van der Waals surface area contributed by atoms with E-state index < -0.39 is 13.5 Å². The summed E-state index contributed by atoms with van der Waals surface area (Å²) in [5, 5.41) is 0. The molecule has 1 aromatic carbocycles. The van der Waals surface area contributed by atoms with Crippen LogP contribution < -0.4 is 4.74 Å². The van der Waals surface area contributed by atoms with Gasteiger partial charge >= 0.3 is 5.97 Å². The molecule has 3 heteroatoms. The summed E-state index contributed by atoms with van der Waals surface area (Å²) in [7, 11) is -1.37. The van der Waals surface area contributed by atoms with Crippen molar-refractivity contribution >= 4 is 14.0 Å². The maximum Gasteiger partial charge on any atom is 0.316 e. The van der Waals surface area contributed by atoms with E-state index in [9.17, 15) is 4.79 Å². The third-order valence-corrected chi connectivity index (χ3v) is 14.2. The lowest BCUT2D eigenvalue weighted by Crippen LogP contribution is -2.44. The maximum absolute atomic E-state index is 12.2. The molecular formula is C23H40O2Si. The van der Waals surface area contributed by atoms with Gasteiger partial charge in [-0.05, 0) is 44.4 Å². The van der Waals surface area contributed by atoms with Crippen LogP contribution in [0.4, 0.5) is 0 Å². The Labute approximate surface area is 162 Å². The molecule has 148 valence electrons. The molecule has 0 heterocycles. The summed E-state index contributed by atoms with van der Waals surface area (Å²) in [4.78, 5) is 12.2. The Kier molecular flexibility index (Phi) is 8.13. The van der Waals surface area contributed by atoms with Crippen LogP contribution in [-0.4, -0.2) is 14.0 Å². The van der Waals surface area contributed by atoms with E-state index in [1.165, 1.54) is 11.6 Å². The zero-order valence-corrected chi connectivity index (χ0v) is 19.5. The summed E-state index contributed by atoms with van der Waals surface area (Å²) in [5.74, 6) is 0.499. The maximum atomic E-state index is 12.2. The standard InChI is InChI=1S/C23H40O2Si/c1-10-23(8,9)22(24)25-21-13-11-20(12-14-21)15-16-26(17(2)3,18(4)5)19(6)7/h11-14,17-19H,10,15-16H2,1-9H3. The summed E-state index contributed by atoms with van der Waals surface area (Å²) in [6.45, 7) is 20.4. The predicted molar refractivity (Wildman–Crippen MR) is 116 cm³/mol. The Hall–Kier alpha value is -1.09. The quantitative estimate of drug-likeness (QED) is 0.258. The number of esters is 1. The van der Waals surface area contributed by atoms with Crippen molar-refractivity contribution in [1.82, 2.24) is 0 Å². The molecule has 0 saturated carbocycles. The molecule has 0 bridgehead atoms. The Balaban J connectivity index is 2.82. The van der Waals surface area contributed by atoms with Crippen molar-refractivity contribution < 1.29 is 9.53 Å². The molecule has 0 spiro atoms. The van der Waals surface area contributed by atoms with Gasteiger partial charge in [0.15, 0.2) is 0 Å². The zero-order chi connectivity index (χ0) is 20.1. The molecule has 0 saturated heterocycles. The van der Waals surface area contributed by atoms with Crippen LogP contribution in [0.5, 0.6) is 5.75 Å². The monoisotopic (exact) mass is 376 g/mol. The molecule has 1 rings (SSSR count). The fraction of sp³-hybridized carbons (Fsp3) is 0.696. The minimum Gasteiger partial charge on any atom is -0.426 e. The van der Waals surface area contributed by atoms with Crippen LogP contribution in [0.25, 0.3) is 0 Å². The SMILES string of the molecule is CCC(C)(C)C(=O)Oc1ccc(CC[Si](C(C)C)(C(C)C)C(C)C)cc1. The molecule has 0 aliphatic heterocycles. The molecule has 0 fully saturated rings. The Morgan fingerprint density at radius 2 is 1.42 bits per heavy atom. The topological polar surface area (TPSA) is 26.3 Å². The molecule has 2 nitrogen and oxygen atoms in total. The summed E-state index contributed by atoms with van der Waals surface area (Å²) in [6.07, 6.45) is 1.89. The Bertz CT molecular complexity index is 549. The average molecular weight is 377 g/mol. The Morgan fingerprint density at radius 1 is 0.962 bits per heavy atom. The molecule has 1 aromatic rings. The molecule has 0 aromatic heterocycles. The highest BCUT2D eigenvalue weighted by molar-refractivity contribution is 6.83. The third kappa shape index (κ3) is 5.22. The number of hydrogen-bond acceptors (Lipinski definition) is 2. The first-order valence-corrected chi connectivity index (χ1v) is 12.7. The predicted octanol–water partition coefficient (Wildman–Crippen LogP) is 7.25. The van der Waals surface area contributed by atoms with Crippen LogP contribution in [-0.2, 0) is 11.2 Å². The van der Waals surface area contributed by atoms with Crippen molar-refractivity contribution in [1.29, 1.82) is 0 Å². The number of benzene rings is 1. The normalized spacial score (nSPS) is 12.9. The Morgan fingerprint density at radius 3 is 1.81 bits per heavy atom. The van der Waals surface area contributed by atoms with Crippen molar-refractivity contribution in [3.05, 3.63) is 29.8 Å². The highest BCUT2D eigenvalue weighted by atomic mass is 28.3. The van der Waals surface area contributed by atoms with Crippen LogP contribution in [0.3, 0.4) is 0 Å². The largest absolute Gasteiger partial charge is 0.426 e. The fourth-order valence-corrected chi connectivity index (χ4v) is 10.8. The minimum atomic E-state index is -1.37. The van der Waals surface area contributed by atoms with E-state index in [0.717, 1.165) is 29.5 Å². The van der Waals surface area contributed by atoms with E-state index >= 15 is 0 Å². The third-order valence-electron chi connectivity index (χ3n) is 6.64. The second-order valence-corrected chi connectivity index (χ2v) is 15.5. The van der Waals surface area contributed by atoms with Crippen LogP contribution in [0, 0.1) is 5.41 Å². The second kappa shape index (κ2) is 9.21. The number of ether oxygens (including phenoxy) is 1. The van der Waals surface area contributed by atoms with Gasteiger partial charge < -0.3 is 4.74 Å². The van der Waals surface area contributed by atoms with Crippen LogP contribution >= 0.6 is 0 Å². The lowest BCUT2D eigenvalue weighted by Gasteiger charge is -2.43. The van der Waals surface area contributed by atoms with Gasteiger partial charge in [-0.25, -0.2) is 0 Å². The summed E-state index contributed by atoms with van der Waals surface area (Å²) in [6, 6.07) is 9.47. The molecule has 0 radical (unpaired) electrons. The molecule has 26 heavy (non-hydrogen) atoms. The van der Waals surface area contributed by atoms with Gasteiger partial charge in [0.25, 0.3) is 0 Å². The van der Waals surface area contributed by atoms with E-state index in [1.54, 1.807) is 0 Å². The van der Waals surface area contributed by atoms with Gasteiger partial charge in [-0.1, -0.05) is 83.3 Å². The highest BCUT2D eigenvalue weighted by Crippen LogP contribution is 2.45. The average Bonchev–Trinajstić information content (AvgIpc) is 2.55. The number of rotatable bonds is 9. The molecule has 0 atom stereocenters. The smallest absolute Gasteiger partial charge is 0.316 e. The van der Waals surface area contributed by atoms with Gasteiger partial charge in [-0.3, -0.25) is 4.79 Å². The number of hydrogen-bond donors (Lipinski definition) is 0. The van der Waals surface area contributed by atoms with E-state index in [0.29, 0.717) is 5.75 Å². The minimum absolute atomic E-state index is 0.154. The molecule has 0 aliphatic carbocycles. The molecule has 0 N–H and O–H groups in total. The first kappa shape index (κ1) is 22.9. The first-order chi connectivity index (χ1) is 12.0. The van der Waals surface area contributed by atoms with Gasteiger partial charge in [0.05, 0.1) is 13.5 Å². The number of carbonyl (C=O) groups is 1. The summed E-state index contributed by atoms with van der Waals surface area (Å²) >= 11 is 0. The number of carbonyl (C=O) groups excluding carboxylic acids is 1. The van der Waals surface area contributed by atoms with Gasteiger partial charge in [0.1, 0.15) is 5.75 Å². The lowest BCUT2D eigenvalue weighted by molar-refractivity contribution is -0.144. The fourth-order valence-electron chi connectivity index (χ4n) is 4.34. The van der Waals surface area contributed by atoms with Crippen molar-refractivity contribution in [3.8, 4) is 5.75 Å². The van der Waals surface area contributed by atoms with Crippen LogP contribution in [0.15, 0.2) is 24.3 Å². The van der Waals surface area contributed by atoms with E-state index in [2.05, 4.69) is 53.7 Å². The van der Waals surface area contributed by atoms with Gasteiger partial charge in [0, 0.05) is 0 Å². The highest BCUT2D eigenvalue weighted by Gasteiger charge is 2.41. The second-order valence-electron chi connectivity index (χ2n) is 9.35. The van der Waals surface area contributed by atoms with Crippen molar-refractivity contribution in [2.24, 2.45) is 5.41 Å². The van der Waals surface area contributed by atoms with E-state index in [-0.39, 0.29) is 5.97 Å². The van der Waals surface area contributed by atoms with E-state index in [1.807, 2.05) is 32.9 Å². The zero-order valence-electron chi connectivity index (χ0n) is 18.5. The van der Waals surface area contributed by atoms with E-state index in [4.69, 9.17) is 4.74 Å². The first-order valence-electron chi connectivity index (χ1n) is 10.3. The molecule has 0 aliphatic rings. The number of aryl methyl sites for hydroxylation is 1. The van der Waals surface area contributed by atoms with Gasteiger partial charge in [-0.15, -0.1) is 0 Å². The van der Waals surface area contributed by atoms with Crippen molar-refractivity contribution in [2.45, 2.75) is 97.8 Å². The van der Waals surface area contributed by atoms with Crippen molar-refractivity contribution in [3.63, 3.8) is 0 Å². The molecule has 0 unspecified atom stereocenters. The lowest BCUT2D eigenvalue weighted by atomic mass is 9.91. The molecular weight excluding hydrogens is 336 g/mol. The van der Waals surface area contributed by atoms with Crippen LogP contribution in [0.2, 0.25) is 22.7 Å². The van der Waals surface area contributed by atoms with Crippen molar-refractivity contribution in [2.75, 3.05) is 0 Å². The molecule has 0 amide bonds. The van der Waals surface area contributed by atoms with Gasteiger partial charge in [0.2, 0.25) is 0 Å². The summed E-state index contributed by atoms with van der Waals surface area (Å²) in [5.41, 5.74) is 3.28. The summed E-state index contributed by atoms with van der Waals surface area (Å²) < 4.78 is 5.55. The van der Waals surface area contributed by atoms with Gasteiger partial charge in [-0.2, -0.15) is 0 Å².